The number of ether oxygens (including phenoxy) is 1. The summed E-state index contributed by atoms with van der Waals surface area (Å²) in [5, 5.41) is 0. The minimum absolute atomic E-state index is 0.0742. The van der Waals surface area contributed by atoms with Gasteiger partial charge in [-0.15, -0.1) is 0 Å². The molecular formula is C15H23N3O. The molecule has 0 amide bonds. The minimum Gasteiger partial charge on any atom is -0.494 e. The Labute approximate surface area is 114 Å². The van der Waals surface area contributed by atoms with Crippen molar-refractivity contribution in [2.45, 2.75) is 46.2 Å². The van der Waals surface area contributed by atoms with Gasteiger partial charge in [0.25, 0.3) is 0 Å². The Kier molecular flexibility index (Phi) is 4.10. The molecule has 1 aromatic carbocycles. The summed E-state index contributed by atoms with van der Waals surface area (Å²) in [4.78, 5) is 4.66. The topological polar surface area (TPSA) is 53.1 Å². The van der Waals surface area contributed by atoms with Gasteiger partial charge < -0.3 is 15.0 Å². The molecule has 2 aromatic rings. The molecule has 0 aliphatic heterocycles. The van der Waals surface area contributed by atoms with Crippen molar-refractivity contribution in [3.8, 4) is 5.75 Å². The Morgan fingerprint density at radius 3 is 2.63 bits per heavy atom. The van der Waals surface area contributed by atoms with Crippen LogP contribution in [0.4, 0.5) is 0 Å². The molecule has 1 unspecified atom stereocenters. The second-order valence-corrected chi connectivity index (χ2v) is 5.22. The van der Waals surface area contributed by atoms with Crippen LogP contribution in [-0.2, 0) is 0 Å². The molecule has 0 fully saturated rings. The van der Waals surface area contributed by atoms with E-state index in [-0.39, 0.29) is 6.04 Å². The zero-order valence-corrected chi connectivity index (χ0v) is 12.2. The molecule has 104 valence electrons. The maximum absolute atomic E-state index is 6.02. The lowest BCUT2D eigenvalue weighted by Gasteiger charge is -2.15. The van der Waals surface area contributed by atoms with Gasteiger partial charge >= 0.3 is 0 Å². The Bertz CT molecular complexity index is 558. The Morgan fingerprint density at radius 1 is 1.32 bits per heavy atom. The van der Waals surface area contributed by atoms with Gasteiger partial charge in [-0.25, -0.2) is 4.98 Å². The number of hydrogen-bond donors (Lipinski definition) is 1. The van der Waals surface area contributed by atoms with Gasteiger partial charge in [0, 0.05) is 12.1 Å². The van der Waals surface area contributed by atoms with Crippen LogP contribution in [0.5, 0.6) is 5.75 Å². The number of nitrogens with zero attached hydrogens (tertiary/aromatic N) is 2. The monoisotopic (exact) mass is 261 g/mol. The first-order valence-corrected chi connectivity index (χ1v) is 6.94. The van der Waals surface area contributed by atoms with Crippen molar-refractivity contribution in [3.05, 3.63) is 24.0 Å². The summed E-state index contributed by atoms with van der Waals surface area (Å²) in [6, 6.07) is 6.33. The summed E-state index contributed by atoms with van der Waals surface area (Å²) in [5.41, 5.74) is 8.09. The molecule has 1 heterocycles. The fraction of sp³-hybridized carbons (Fsp3) is 0.533. The molecule has 4 heteroatoms. The van der Waals surface area contributed by atoms with Gasteiger partial charge in [-0.1, -0.05) is 6.92 Å². The van der Waals surface area contributed by atoms with Crippen LogP contribution in [-0.4, -0.2) is 16.2 Å². The number of benzene rings is 1. The number of fused-ring (bicyclic) bond motifs is 1. The summed E-state index contributed by atoms with van der Waals surface area (Å²) in [5.74, 6) is 1.80. The summed E-state index contributed by atoms with van der Waals surface area (Å²) in [6.45, 7) is 9.09. The molecule has 0 saturated heterocycles. The first kappa shape index (κ1) is 13.9. The van der Waals surface area contributed by atoms with Crippen molar-refractivity contribution < 1.29 is 4.74 Å². The van der Waals surface area contributed by atoms with Crippen LogP contribution in [0, 0.1) is 0 Å². The smallest absolute Gasteiger partial charge is 0.126 e. The van der Waals surface area contributed by atoms with Gasteiger partial charge in [0.15, 0.2) is 0 Å². The molecule has 0 aliphatic carbocycles. The fourth-order valence-electron chi connectivity index (χ4n) is 2.27. The summed E-state index contributed by atoms with van der Waals surface area (Å²) in [6.07, 6.45) is 1.00. The van der Waals surface area contributed by atoms with E-state index in [1.165, 1.54) is 0 Å². The lowest BCUT2D eigenvalue weighted by atomic mass is 10.2. The highest BCUT2D eigenvalue weighted by molar-refractivity contribution is 5.78. The van der Waals surface area contributed by atoms with Crippen LogP contribution >= 0.6 is 0 Å². The van der Waals surface area contributed by atoms with Gasteiger partial charge in [0.2, 0.25) is 0 Å². The van der Waals surface area contributed by atoms with Crippen LogP contribution in [0.2, 0.25) is 0 Å². The quantitative estimate of drug-likeness (QED) is 0.897. The van der Waals surface area contributed by atoms with E-state index in [1.807, 2.05) is 19.1 Å². The molecule has 0 saturated carbocycles. The van der Waals surface area contributed by atoms with Crippen LogP contribution < -0.4 is 10.5 Å². The Hall–Kier alpha value is -1.55. The fourth-order valence-corrected chi connectivity index (χ4v) is 2.27. The van der Waals surface area contributed by atoms with Crippen LogP contribution in [0.15, 0.2) is 18.2 Å². The second-order valence-electron chi connectivity index (χ2n) is 5.22. The number of rotatable bonds is 5. The molecule has 4 nitrogen and oxygen atoms in total. The minimum atomic E-state index is -0.0742. The molecule has 2 N–H and O–H groups in total. The van der Waals surface area contributed by atoms with Crippen molar-refractivity contribution in [1.82, 2.24) is 9.55 Å². The number of hydrogen-bond acceptors (Lipinski definition) is 3. The zero-order chi connectivity index (χ0) is 14.0. The SMILES string of the molecule is CCCOc1ccc2c(c1)nc(C(C)N)n2C(C)C. The van der Waals surface area contributed by atoms with Crippen molar-refractivity contribution >= 4 is 11.0 Å². The number of aromatic nitrogens is 2. The Balaban J connectivity index is 2.50. The van der Waals surface area contributed by atoms with Gasteiger partial charge in [-0.3, -0.25) is 0 Å². The predicted octanol–water partition coefficient (Wildman–Crippen LogP) is 3.43. The molecule has 0 radical (unpaired) electrons. The summed E-state index contributed by atoms with van der Waals surface area (Å²) in [7, 11) is 0. The molecule has 1 aromatic heterocycles. The van der Waals surface area contributed by atoms with Crippen LogP contribution in [0.3, 0.4) is 0 Å². The lowest BCUT2D eigenvalue weighted by molar-refractivity contribution is 0.318. The molecule has 0 spiro atoms. The van der Waals surface area contributed by atoms with Crippen LogP contribution in [0.25, 0.3) is 11.0 Å². The number of nitrogens with two attached hydrogens (primary N) is 1. The van der Waals surface area contributed by atoms with E-state index in [9.17, 15) is 0 Å². The highest BCUT2D eigenvalue weighted by Crippen LogP contribution is 2.27. The van der Waals surface area contributed by atoms with Crippen molar-refractivity contribution in [3.63, 3.8) is 0 Å². The van der Waals surface area contributed by atoms with Gasteiger partial charge in [0.1, 0.15) is 11.6 Å². The van der Waals surface area contributed by atoms with Crippen molar-refractivity contribution in [1.29, 1.82) is 0 Å². The number of imidazole rings is 1. The maximum atomic E-state index is 6.02. The van der Waals surface area contributed by atoms with E-state index in [1.54, 1.807) is 0 Å². The molecule has 0 aliphatic rings. The van der Waals surface area contributed by atoms with Gasteiger partial charge in [-0.05, 0) is 39.3 Å². The Morgan fingerprint density at radius 2 is 2.05 bits per heavy atom. The third-order valence-electron chi connectivity index (χ3n) is 3.08. The molecule has 1 atom stereocenters. The zero-order valence-electron chi connectivity index (χ0n) is 12.2. The van der Waals surface area contributed by atoms with Crippen LogP contribution in [0.1, 0.15) is 52.0 Å². The third kappa shape index (κ3) is 2.73. The van der Waals surface area contributed by atoms with Crippen molar-refractivity contribution in [2.75, 3.05) is 6.61 Å². The highest BCUT2D eigenvalue weighted by atomic mass is 16.5. The van der Waals surface area contributed by atoms with E-state index in [0.717, 1.165) is 35.6 Å². The van der Waals surface area contributed by atoms with E-state index in [0.29, 0.717) is 6.04 Å². The maximum Gasteiger partial charge on any atom is 0.126 e. The first-order valence-electron chi connectivity index (χ1n) is 6.94. The largest absolute Gasteiger partial charge is 0.494 e. The summed E-state index contributed by atoms with van der Waals surface area (Å²) >= 11 is 0. The normalized spacial score (nSPS) is 13.2. The summed E-state index contributed by atoms with van der Waals surface area (Å²) < 4.78 is 7.85. The average molecular weight is 261 g/mol. The molecule has 19 heavy (non-hydrogen) atoms. The molecule has 2 rings (SSSR count). The predicted molar refractivity (Wildman–Crippen MR) is 78.5 cm³/mol. The molecular weight excluding hydrogens is 238 g/mol. The highest BCUT2D eigenvalue weighted by Gasteiger charge is 2.16. The third-order valence-corrected chi connectivity index (χ3v) is 3.08. The van der Waals surface area contributed by atoms with E-state index >= 15 is 0 Å². The first-order chi connectivity index (χ1) is 9.04. The second kappa shape index (κ2) is 5.61. The van der Waals surface area contributed by atoms with Gasteiger partial charge in [0.05, 0.1) is 23.7 Å². The average Bonchev–Trinajstić information content (AvgIpc) is 2.74. The standard InChI is InChI=1S/C15H23N3O/c1-5-8-19-12-6-7-14-13(9-12)17-15(11(4)16)18(14)10(2)3/h6-7,9-11H,5,8,16H2,1-4H3. The van der Waals surface area contributed by atoms with E-state index in [4.69, 9.17) is 10.5 Å². The van der Waals surface area contributed by atoms with E-state index in [2.05, 4.69) is 36.4 Å². The lowest BCUT2D eigenvalue weighted by Crippen LogP contribution is -2.14. The molecule has 0 bridgehead atoms. The van der Waals surface area contributed by atoms with Gasteiger partial charge in [-0.2, -0.15) is 0 Å². The van der Waals surface area contributed by atoms with Crippen molar-refractivity contribution in [2.24, 2.45) is 5.73 Å². The van der Waals surface area contributed by atoms with E-state index < -0.39 is 0 Å².